The van der Waals surface area contributed by atoms with Crippen molar-refractivity contribution in [1.82, 2.24) is 15.5 Å². The second kappa shape index (κ2) is 11.5. The van der Waals surface area contributed by atoms with Crippen LogP contribution in [0.1, 0.15) is 57.1 Å². The molecule has 0 aromatic heterocycles. The molecule has 0 bridgehead atoms. The molecule has 32 heavy (non-hydrogen) atoms. The number of amides is 1. The zero-order valence-electron chi connectivity index (χ0n) is 19.8. The number of nitrogens with one attached hydrogen (secondary N) is 2. The predicted molar refractivity (Wildman–Crippen MR) is 131 cm³/mol. The summed E-state index contributed by atoms with van der Waals surface area (Å²) in [5.41, 5.74) is 2.60. The SMILES string of the molecule is CC(C)(C)[C@@H]1C(NCCNCCC(c2ccccc2)c2ccccc2)CCCN1C(=O)O. The van der Waals surface area contributed by atoms with Crippen LogP contribution in [0.15, 0.2) is 60.7 Å². The van der Waals surface area contributed by atoms with E-state index < -0.39 is 6.09 Å². The van der Waals surface area contributed by atoms with E-state index in [1.54, 1.807) is 4.90 Å². The van der Waals surface area contributed by atoms with Crippen molar-refractivity contribution in [3.05, 3.63) is 71.8 Å². The van der Waals surface area contributed by atoms with E-state index in [1.165, 1.54) is 11.1 Å². The molecule has 1 aliphatic heterocycles. The second-order valence-electron chi connectivity index (χ2n) is 9.90. The molecule has 2 aromatic rings. The van der Waals surface area contributed by atoms with Crippen molar-refractivity contribution in [3.63, 3.8) is 0 Å². The molecule has 3 N–H and O–H groups in total. The number of hydrogen-bond donors (Lipinski definition) is 3. The second-order valence-corrected chi connectivity index (χ2v) is 9.90. The van der Waals surface area contributed by atoms with E-state index in [0.29, 0.717) is 12.5 Å². The fraction of sp³-hybridized carbons (Fsp3) is 0.519. The van der Waals surface area contributed by atoms with Gasteiger partial charge in [0.25, 0.3) is 0 Å². The molecular formula is C27H39N3O2. The molecule has 2 atom stereocenters. The predicted octanol–water partition coefficient (Wildman–Crippen LogP) is 4.94. The Morgan fingerprint density at radius 2 is 1.59 bits per heavy atom. The molecule has 5 heteroatoms. The first-order valence-electron chi connectivity index (χ1n) is 11.9. The quantitative estimate of drug-likeness (QED) is 0.486. The van der Waals surface area contributed by atoms with Crippen LogP contribution in [0.25, 0.3) is 0 Å². The van der Waals surface area contributed by atoms with Crippen LogP contribution in [0.3, 0.4) is 0 Å². The minimum absolute atomic E-state index is 0.00529. The third kappa shape index (κ3) is 6.57. The molecule has 1 fully saturated rings. The molecule has 1 heterocycles. The third-order valence-corrected chi connectivity index (χ3v) is 6.49. The van der Waals surface area contributed by atoms with E-state index >= 15 is 0 Å². The summed E-state index contributed by atoms with van der Waals surface area (Å²) in [6, 6.07) is 21.6. The van der Waals surface area contributed by atoms with Crippen molar-refractivity contribution >= 4 is 6.09 Å². The van der Waals surface area contributed by atoms with Crippen LogP contribution in [0.2, 0.25) is 0 Å². The van der Waals surface area contributed by atoms with Gasteiger partial charge in [0.1, 0.15) is 0 Å². The molecule has 1 aliphatic rings. The molecule has 1 amide bonds. The summed E-state index contributed by atoms with van der Waals surface area (Å²) < 4.78 is 0. The molecule has 0 radical (unpaired) electrons. The van der Waals surface area contributed by atoms with Gasteiger partial charge in [0.15, 0.2) is 0 Å². The number of rotatable bonds is 9. The zero-order valence-corrected chi connectivity index (χ0v) is 19.8. The van der Waals surface area contributed by atoms with Crippen LogP contribution in [0.4, 0.5) is 4.79 Å². The fourth-order valence-corrected chi connectivity index (χ4v) is 5.11. The van der Waals surface area contributed by atoms with Gasteiger partial charge < -0.3 is 20.6 Å². The summed E-state index contributed by atoms with van der Waals surface area (Å²) in [5, 5.41) is 16.9. The van der Waals surface area contributed by atoms with Crippen LogP contribution in [0, 0.1) is 5.41 Å². The molecule has 3 rings (SSSR count). The Balaban J connectivity index is 1.49. The monoisotopic (exact) mass is 437 g/mol. The highest BCUT2D eigenvalue weighted by molar-refractivity contribution is 5.66. The van der Waals surface area contributed by atoms with Gasteiger partial charge in [-0.05, 0) is 42.3 Å². The summed E-state index contributed by atoms with van der Waals surface area (Å²) in [5.74, 6) is 0.380. The van der Waals surface area contributed by atoms with Crippen LogP contribution in [-0.4, -0.2) is 54.4 Å². The van der Waals surface area contributed by atoms with Crippen molar-refractivity contribution in [3.8, 4) is 0 Å². The number of benzene rings is 2. The fourth-order valence-electron chi connectivity index (χ4n) is 5.11. The lowest BCUT2D eigenvalue weighted by atomic mass is 9.77. The average Bonchev–Trinajstić information content (AvgIpc) is 2.79. The van der Waals surface area contributed by atoms with E-state index in [2.05, 4.69) is 92.1 Å². The van der Waals surface area contributed by atoms with Gasteiger partial charge in [-0.25, -0.2) is 4.79 Å². The summed E-state index contributed by atoms with van der Waals surface area (Å²) >= 11 is 0. The molecular weight excluding hydrogens is 398 g/mol. The first kappa shape index (κ1) is 24.3. The Morgan fingerprint density at radius 3 is 2.12 bits per heavy atom. The van der Waals surface area contributed by atoms with Gasteiger partial charge in [-0.2, -0.15) is 0 Å². The van der Waals surface area contributed by atoms with E-state index in [4.69, 9.17) is 0 Å². The first-order chi connectivity index (χ1) is 15.4. The maximum atomic E-state index is 11.8. The zero-order chi connectivity index (χ0) is 23.0. The maximum absolute atomic E-state index is 11.8. The van der Waals surface area contributed by atoms with Crippen LogP contribution < -0.4 is 10.6 Å². The number of carboxylic acid groups (broad SMARTS) is 1. The Bertz CT molecular complexity index is 780. The molecule has 174 valence electrons. The van der Waals surface area contributed by atoms with Crippen LogP contribution in [0.5, 0.6) is 0 Å². The van der Waals surface area contributed by atoms with Gasteiger partial charge in [0, 0.05) is 31.6 Å². The van der Waals surface area contributed by atoms with E-state index in [-0.39, 0.29) is 17.5 Å². The number of piperidine rings is 1. The molecule has 5 nitrogen and oxygen atoms in total. The smallest absolute Gasteiger partial charge is 0.407 e. The Hall–Kier alpha value is -2.37. The Labute approximate surface area is 193 Å². The van der Waals surface area contributed by atoms with Crippen molar-refractivity contribution in [1.29, 1.82) is 0 Å². The highest BCUT2D eigenvalue weighted by Gasteiger charge is 2.41. The van der Waals surface area contributed by atoms with Crippen molar-refractivity contribution in [2.75, 3.05) is 26.2 Å². The highest BCUT2D eigenvalue weighted by atomic mass is 16.4. The summed E-state index contributed by atoms with van der Waals surface area (Å²) in [6.07, 6.45) is 2.17. The molecule has 1 unspecified atom stereocenters. The topological polar surface area (TPSA) is 64.6 Å². The lowest BCUT2D eigenvalue weighted by molar-refractivity contribution is 0.0378. The molecule has 2 aromatic carbocycles. The highest BCUT2D eigenvalue weighted by Crippen LogP contribution is 2.32. The summed E-state index contributed by atoms with van der Waals surface area (Å²) in [6.45, 7) is 9.69. The van der Waals surface area contributed by atoms with Crippen molar-refractivity contribution in [2.45, 2.75) is 58.0 Å². The van der Waals surface area contributed by atoms with Gasteiger partial charge in [0.2, 0.25) is 0 Å². The minimum Gasteiger partial charge on any atom is -0.465 e. The largest absolute Gasteiger partial charge is 0.465 e. The lowest BCUT2D eigenvalue weighted by Gasteiger charge is -2.47. The van der Waals surface area contributed by atoms with E-state index in [9.17, 15) is 9.90 Å². The van der Waals surface area contributed by atoms with E-state index in [1.807, 2.05) is 0 Å². The third-order valence-electron chi connectivity index (χ3n) is 6.49. The maximum Gasteiger partial charge on any atom is 0.407 e. The molecule has 0 aliphatic carbocycles. The standard InChI is InChI=1S/C27H39N3O2/c1-27(2,3)25-24(15-10-20-30(25)26(31)32)29-19-18-28-17-16-23(21-11-6-4-7-12-21)22-13-8-5-9-14-22/h4-9,11-14,23-25,28-29H,10,15-20H2,1-3H3,(H,31,32)/t24?,25-/m0/s1. The Morgan fingerprint density at radius 1 is 1.00 bits per heavy atom. The van der Waals surface area contributed by atoms with Crippen molar-refractivity contribution in [2.24, 2.45) is 5.41 Å². The lowest BCUT2D eigenvalue weighted by Crippen LogP contribution is -2.61. The Kier molecular flexibility index (Phi) is 8.71. The van der Waals surface area contributed by atoms with Gasteiger partial charge in [0.05, 0.1) is 6.04 Å². The normalized spacial score (nSPS) is 19.3. The molecule has 1 saturated heterocycles. The van der Waals surface area contributed by atoms with Crippen LogP contribution in [-0.2, 0) is 0 Å². The summed E-state index contributed by atoms with van der Waals surface area (Å²) in [7, 11) is 0. The molecule has 0 spiro atoms. The van der Waals surface area contributed by atoms with Gasteiger partial charge in [-0.1, -0.05) is 81.4 Å². The van der Waals surface area contributed by atoms with E-state index in [0.717, 1.165) is 38.9 Å². The summed E-state index contributed by atoms with van der Waals surface area (Å²) in [4.78, 5) is 13.4. The number of hydrogen-bond acceptors (Lipinski definition) is 3. The number of nitrogens with zero attached hydrogens (tertiary/aromatic N) is 1. The average molecular weight is 438 g/mol. The van der Waals surface area contributed by atoms with Gasteiger partial charge >= 0.3 is 6.09 Å². The molecule has 0 saturated carbocycles. The van der Waals surface area contributed by atoms with Gasteiger partial charge in [-0.15, -0.1) is 0 Å². The van der Waals surface area contributed by atoms with Crippen molar-refractivity contribution < 1.29 is 9.90 Å². The number of likely N-dealkylation sites (tertiary alicyclic amines) is 1. The van der Waals surface area contributed by atoms with Gasteiger partial charge in [-0.3, -0.25) is 0 Å². The minimum atomic E-state index is -0.803. The van der Waals surface area contributed by atoms with Crippen LogP contribution >= 0.6 is 0 Å². The number of carbonyl (C=O) groups is 1. The first-order valence-corrected chi connectivity index (χ1v) is 11.9.